The number of rotatable bonds is 6. The zero-order chi connectivity index (χ0) is 17.3. The first-order chi connectivity index (χ1) is 11.5. The van der Waals surface area contributed by atoms with E-state index < -0.39 is 11.9 Å². The van der Waals surface area contributed by atoms with Crippen molar-refractivity contribution in [2.24, 2.45) is 0 Å². The van der Waals surface area contributed by atoms with Crippen molar-refractivity contribution in [1.29, 1.82) is 0 Å². The molecule has 24 heavy (non-hydrogen) atoms. The van der Waals surface area contributed by atoms with Crippen LogP contribution < -0.4 is 0 Å². The highest BCUT2D eigenvalue weighted by atomic mass is 16.5. The first-order valence-electron chi connectivity index (χ1n) is 7.17. The summed E-state index contributed by atoms with van der Waals surface area (Å²) in [5, 5.41) is 36.1. The summed E-state index contributed by atoms with van der Waals surface area (Å²) in [6.45, 7) is 0. The third-order valence-electron chi connectivity index (χ3n) is 3.61. The highest BCUT2D eigenvalue weighted by Crippen LogP contribution is 2.22. The number of carboxylic acid groups (broad SMARTS) is 2. The second-order valence-electron chi connectivity index (χ2n) is 5.29. The van der Waals surface area contributed by atoms with E-state index in [-0.39, 0.29) is 12.1 Å². The van der Waals surface area contributed by atoms with Gasteiger partial charge >= 0.3 is 11.9 Å². The van der Waals surface area contributed by atoms with Gasteiger partial charge in [0, 0.05) is 11.8 Å². The van der Waals surface area contributed by atoms with Crippen LogP contribution in [0.3, 0.4) is 0 Å². The van der Waals surface area contributed by atoms with Gasteiger partial charge in [-0.05, 0) is 31.0 Å². The molecule has 0 fully saturated rings. The number of hydrogen-bond donors (Lipinski definition) is 3. The van der Waals surface area contributed by atoms with Crippen molar-refractivity contribution >= 4 is 22.8 Å². The van der Waals surface area contributed by atoms with Crippen molar-refractivity contribution in [3.8, 4) is 5.69 Å². The molecule has 0 aliphatic carbocycles. The van der Waals surface area contributed by atoms with E-state index in [1.807, 2.05) is 0 Å². The van der Waals surface area contributed by atoms with Gasteiger partial charge in [-0.2, -0.15) is 4.73 Å². The second kappa shape index (κ2) is 6.03. The van der Waals surface area contributed by atoms with Crippen LogP contribution in [0.5, 0.6) is 0 Å². The van der Waals surface area contributed by atoms with Gasteiger partial charge < -0.3 is 15.4 Å². The Kier molecular flexibility index (Phi) is 3.90. The Hall–Kier alpha value is -3.36. The minimum atomic E-state index is -1.23. The highest BCUT2D eigenvalue weighted by molar-refractivity contribution is 5.94. The van der Waals surface area contributed by atoms with Gasteiger partial charge in [0.1, 0.15) is 0 Å². The lowest BCUT2D eigenvalue weighted by Gasteiger charge is -2.02. The molecule has 0 amide bonds. The lowest BCUT2D eigenvalue weighted by molar-refractivity contribution is -0.137. The number of carboxylic acids is 2. The molecule has 9 heteroatoms. The number of hydrogen-bond acceptors (Lipinski definition) is 5. The van der Waals surface area contributed by atoms with Crippen molar-refractivity contribution in [1.82, 2.24) is 19.7 Å². The van der Waals surface area contributed by atoms with Crippen LogP contribution in [0.15, 0.2) is 30.5 Å². The average molecular weight is 330 g/mol. The number of aliphatic carboxylic acids is 1. The monoisotopic (exact) mass is 330 g/mol. The van der Waals surface area contributed by atoms with Crippen molar-refractivity contribution < 1.29 is 25.0 Å². The van der Waals surface area contributed by atoms with E-state index in [1.54, 1.807) is 24.4 Å². The molecule has 3 aromatic rings. The summed E-state index contributed by atoms with van der Waals surface area (Å²) in [6, 6.07) is 6.37. The normalized spacial score (nSPS) is 11.0. The summed E-state index contributed by atoms with van der Waals surface area (Å²) >= 11 is 0. The summed E-state index contributed by atoms with van der Waals surface area (Å²) in [5.74, 6) is -2.08. The van der Waals surface area contributed by atoms with E-state index in [9.17, 15) is 14.8 Å². The lowest BCUT2D eigenvalue weighted by Crippen LogP contribution is -2.04. The molecule has 124 valence electrons. The molecule has 0 radical (unpaired) electrons. The summed E-state index contributed by atoms with van der Waals surface area (Å²) in [4.78, 5) is 21.6. The van der Waals surface area contributed by atoms with Crippen molar-refractivity contribution in [2.45, 2.75) is 19.3 Å². The number of fused-ring (bicyclic) bond motifs is 1. The van der Waals surface area contributed by atoms with Gasteiger partial charge in [-0.25, -0.2) is 9.48 Å². The molecule has 0 aliphatic heterocycles. The smallest absolute Gasteiger partial charge is 0.356 e. The number of nitrogens with zero attached hydrogens (tertiary/aromatic N) is 4. The molecule has 0 saturated heterocycles. The molecule has 0 spiro atoms. The van der Waals surface area contributed by atoms with Crippen LogP contribution >= 0.6 is 0 Å². The zero-order valence-corrected chi connectivity index (χ0v) is 12.5. The number of benzene rings is 1. The summed E-state index contributed by atoms with van der Waals surface area (Å²) < 4.78 is 2.11. The minimum absolute atomic E-state index is 0.0643. The quantitative estimate of drug-likeness (QED) is 0.585. The molecule has 0 saturated carbocycles. The number of aromatic nitrogens is 4. The maximum Gasteiger partial charge on any atom is 0.356 e. The second-order valence-corrected chi connectivity index (χ2v) is 5.29. The Bertz CT molecular complexity index is 927. The van der Waals surface area contributed by atoms with Gasteiger partial charge in [0.15, 0.2) is 5.69 Å². The van der Waals surface area contributed by atoms with Crippen molar-refractivity contribution in [3.63, 3.8) is 0 Å². The standard InChI is InChI=1S/C15H14N4O5/c20-14(21)3-1-2-10-8-18(17-16-10)11-5-4-9-6-13(15(22)23)19(24)12(9)7-11/h4-8,24H,1-3H2,(H,20,21)(H,22,23). The van der Waals surface area contributed by atoms with E-state index in [4.69, 9.17) is 10.2 Å². The predicted molar refractivity (Wildman–Crippen MR) is 81.6 cm³/mol. The topological polar surface area (TPSA) is 130 Å². The van der Waals surface area contributed by atoms with Crippen molar-refractivity contribution in [3.05, 3.63) is 41.9 Å². The molecule has 0 aliphatic rings. The molecule has 0 bridgehead atoms. The molecule has 0 atom stereocenters. The zero-order valence-electron chi connectivity index (χ0n) is 12.5. The first-order valence-corrected chi connectivity index (χ1v) is 7.17. The molecule has 1 aromatic carbocycles. The third kappa shape index (κ3) is 2.91. The molecule has 9 nitrogen and oxygen atoms in total. The Labute approximate surface area is 135 Å². The number of aromatic carboxylic acids is 1. The Morgan fingerprint density at radius 3 is 2.67 bits per heavy atom. The average Bonchev–Trinajstić information content (AvgIpc) is 3.12. The fourth-order valence-corrected chi connectivity index (χ4v) is 2.43. The Morgan fingerprint density at radius 1 is 1.17 bits per heavy atom. The summed E-state index contributed by atoms with van der Waals surface area (Å²) in [7, 11) is 0. The van der Waals surface area contributed by atoms with Crippen LogP contribution in [0, 0.1) is 0 Å². The minimum Gasteiger partial charge on any atom is -0.481 e. The molecule has 3 rings (SSSR count). The van der Waals surface area contributed by atoms with Crippen LogP contribution in [0.2, 0.25) is 0 Å². The van der Waals surface area contributed by atoms with Gasteiger partial charge in [-0.15, -0.1) is 5.10 Å². The first kappa shape index (κ1) is 15.5. The molecule has 3 N–H and O–H groups in total. The van der Waals surface area contributed by atoms with E-state index in [0.717, 1.165) is 0 Å². The number of carbonyl (C=O) groups is 2. The van der Waals surface area contributed by atoms with Gasteiger partial charge in [-0.3, -0.25) is 4.79 Å². The van der Waals surface area contributed by atoms with Crippen LogP contribution in [0.4, 0.5) is 0 Å². The van der Waals surface area contributed by atoms with Crippen LogP contribution in [0.25, 0.3) is 16.6 Å². The molecule has 0 unspecified atom stereocenters. The number of aryl methyl sites for hydroxylation is 1. The van der Waals surface area contributed by atoms with E-state index in [2.05, 4.69) is 10.3 Å². The predicted octanol–water partition coefficient (Wildman–Crippen LogP) is 1.56. The SMILES string of the molecule is O=C(O)CCCc1cn(-c2ccc3cc(C(=O)O)n(O)c3c2)nn1. The maximum atomic E-state index is 11.0. The van der Waals surface area contributed by atoms with E-state index >= 15 is 0 Å². The molecule has 2 aromatic heterocycles. The van der Waals surface area contributed by atoms with Gasteiger partial charge in [0.05, 0.1) is 23.1 Å². The maximum absolute atomic E-state index is 11.0. The molecular formula is C15H14N4O5. The Balaban J connectivity index is 1.87. The van der Waals surface area contributed by atoms with Crippen molar-refractivity contribution in [2.75, 3.05) is 0 Å². The van der Waals surface area contributed by atoms with Crippen LogP contribution in [0.1, 0.15) is 29.0 Å². The fraction of sp³-hybridized carbons (Fsp3) is 0.200. The molecule has 2 heterocycles. The van der Waals surface area contributed by atoms with Crippen LogP contribution in [-0.2, 0) is 11.2 Å². The summed E-state index contributed by atoms with van der Waals surface area (Å²) in [6.07, 6.45) is 2.70. The van der Waals surface area contributed by atoms with Gasteiger partial charge in [0.25, 0.3) is 0 Å². The largest absolute Gasteiger partial charge is 0.481 e. The fourth-order valence-electron chi connectivity index (χ4n) is 2.43. The Morgan fingerprint density at radius 2 is 1.96 bits per heavy atom. The van der Waals surface area contributed by atoms with Gasteiger partial charge in [-0.1, -0.05) is 11.3 Å². The molecular weight excluding hydrogens is 316 g/mol. The lowest BCUT2D eigenvalue weighted by atomic mass is 10.2. The summed E-state index contributed by atoms with van der Waals surface area (Å²) in [5.41, 5.74) is 1.37. The van der Waals surface area contributed by atoms with E-state index in [0.29, 0.717) is 39.9 Å². The van der Waals surface area contributed by atoms with Gasteiger partial charge in [0.2, 0.25) is 0 Å². The highest BCUT2D eigenvalue weighted by Gasteiger charge is 2.15. The van der Waals surface area contributed by atoms with E-state index in [1.165, 1.54) is 10.7 Å². The third-order valence-corrected chi connectivity index (χ3v) is 3.61. The van der Waals surface area contributed by atoms with Crippen LogP contribution in [-0.4, -0.2) is 47.1 Å².